The summed E-state index contributed by atoms with van der Waals surface area (Å²) in [5.74, 6) is 0. The van der Waals surface area contributed by atoms with Crippen molar-refractivity contribution in [3.05, 3.63) is 35.4 Å². The maximum absolute atomic E-state index is 16.3. The quantitative estimate of drug-likeness (QED) is 0.182. The number of aryl methyl sites for hydroxylation is 1. The Kier molecular flexibility index (Phi) is 6.78. The molecule has 29 heavy (non-hydrogen) atoms. The van der Waals surface area contributed by atoms with Gasteiger partial charge in [0.15, 0.2) is 0 Å². The van der Waals surface area contributed by atoms with Crippen LogP contribution in [0.3, 0.4) is 0 Å². The van der Waals surface area contributed by atoms with Gasteiger partial charge in [0.1, 0.15) is 0 Å². The van der Waals surface area contributed by atoms with Gasteiger partial charge in [-0.15, -0.1) is 0 Å². The van der Waals surface area contributed by atoms with Gasteiger partial charge in [0.25, 0.3) is 0 Å². The summed E-state index contributed by atoms with van der Waals surface area (Å²) in [6.07, 6.45) is 1.04. The summed E-state index contributed by atoms with van der Waals surface area (Å²) < 4.78 is 82.0. The summed E-state index contributed by atoms with van der Waals surface area (Å²) in [7, 11) is 0. The predicted molar refractivity (Wildman–Crippen MR) is 103 cm³/mol. The standard InChI is InChI=1S/C8H9O.3C4H9O.4FH.Zr/c1-7-2-4-8(6-9)5-3-7;3*1-2-3-4-5;;;;;/h2-5H,6H2,1H3;3*2-4H2,1H3;4*1H;/q4*-1;;;;;+8/p-4. The summed E-state index contributed by atoms with van der Waals surface area (Å²) in [6, 6.07) is 6.10. The van der Waals surface area contributed by atoms with Crippen LogP contribution in [0.1, 0.15) is 70.4 Å². The van der Waals surface area contributed by atoms with Crippen LogP contribution >= 0.6 is 0 Å². The van der Waals surface area contributed by atoms with Gasteiger partial charge in [-0.2, -0.15) is 0 Å². The van der Waals surface area contributed by atoms with Crippen LogP contribution in [0.4, 0.5) is 10.5 Å². The second-order valence-corrected chi connectivity index (χ2v) is 21.5. The van der Waals surface area contributed by atoms with E-state index in [1.54, 1.807) is 39.8 Å². The molecule has 0 aromatic heterocycles. The molecule has 0 amide bonds. The first kappa shape index (κ1) is 26.7. The molecule has 0 radical (unpaired) electrons. The Morgan fingerprint density at radius 3 is 1.38 bits per heavy atom. The average Bonchev–Trinajstić information content (AvgIpc) is 2.62. The number of halogens is 4. The van der Waals surface area contributed by atoms with Crippen molar-refractivity contribution < 1.29 is 40.3 Å². The summed E-state index contributed by atoms with van der Waals surface area (Å²) >= 11 is -12.4. The fraction of sp³-hybridized carbons (Fsp3) is 0.700. The van der Waals surface area contributed by atoms with E-state index in [-0.39, 0.29) is 24.8 Å². The Bertz CT molecular complexity index is 674. The number of hydrogen-bond donors (Lipinski definition) is 0. The Hall–Kier alpha value is -0.337. The molecule has 0 heterocycles. The van der Waals surface area contributed by atoms with Crippen LogP contribution in [0.2, 0.25) is 0 Å². The van der Waals surface area contributed by atoms with E-state index in [0.29, 0.717) is 19.3 Å². The Morgan fingerprint density at radius 1 is 0.655 bits per heavy atom. The van der Waals surface area contributed by atoms with E-state index in [9.17, 15) is 0 Å². The third-order valence-electron chi connectivity index (χ3n) is 4.74. The van der Waals surface area contributed by atoms with E-state index in [1.807, 2.05) is 0 Å². The van der Waals surface area contributed by atoms with Crippen LogP contribution in [0.5, 0.6) is 0 Å². The van der Waals surface area contributed by atoms with Crippen molar-refractivity contribution in [3.63, 3.8) is 0 Å². The molecule has 4 nitrogen and oxygen atoms in total. The normalized spacial score (nSPS) is 17.8. The number of rotatable bonds is 15. The first-order valence-electron chi connectivity index (χ1n) is 10.5. The van der Waals surface area contributed by atoms with Crippen molar-refractivity contribution in [2.45, 2.75) is 72.8 Å². The molecule has 0 spiro atoms. The molecule has 0 unspecified atom stereocenters. The monoisotopic (exact) mass is 506 g/mol. The topological polar surface area (TPSA) is 36.9 Å². The molecule has 0 N–H and O–H groups in total. The van der Waals surface area contributed by atoms with Gasteiger partial charge in [-0.25, -0.2) is 0 Å². The zero-order chi connectivity index (χ0) is 22.2. The molecule has 1 aromatic rings. The third-order valence-corrected chi connectivity index (χ3v) is 14.4. The predicted octanol–water partition coefficient (Wildman–Crippen LogP) is 7.46. The number of benzene rings is 1. The van der Waals surface area contributed by atoms with E-state index in [2.05, 4.69) is 11.3 Å². The van der Waals surface area contributed by atoms with Gasteiger partial charge >= 0.3 is 168 Å². The second kappa shape index (κ2) is 7.37. The first-order valence-corrected chi connectivity index (χ1v) is 18.3. The van der Waals surface area contributed by atoms with Crippen LogP contribution in [0.25, 0.3) is 0 Å². The van der Waals surface area contributed by atoms with E-state index in [4.69, 9.17) is 0 Å². The van der Waals surface area contributed by atoms with Crippen LogP contribution in [-0.2, 0) is 36.4 Å². The van der Waals surface area contributed by atoms with E-state index >= 15 is 10.5 Å². The van der Waals surface area contributed by atoms with Crippen LogP contribution in [0, 0.1) is 6.92 Å². The molecule has 0 atom stereocenters. The van der Waals surface area contributed by atoms with Gasteiger partial charge in [-0.1, -0.05) is 0 Å². The molecule has 0 saturated heterocycles. The Labute approximate surface area is 168 Å². The van der Waals surface area contributed by atoms with E-state index in [1.165, 1.54) is 12.1 Å². The first-order chi connectivity index (χ1) is 13.2. The SMILES string of the molecule is CCCC[O][Zr]([F])([F])([F])([F])([O]CCCC)([O]CCCC)[O]Cc1ccc(C)cc1. The molecule has 172 valence electrons. The maximum atomic E-state index is 16.3. The third kappa shape index (κ3) is 7.39. The molecule has 0 aliphatic carbocycles. The van der Waals surface area contributed by atoms with Gasteiger partial charge in [0.05, 0.1) is 0 Å². The minimum absolute atomic E-state index is 0.0264. The number of unbranched alkanes of at least 4 members (excludes halogenated alkanes) is 3. The van der Waals surface area contributed by atoms with E-state index in [0.717, 1.165) is 5.56 Å². The zero-order valence-electron chi connectivity index (χ0n) is 18.0. The van der Waals surface area contributed by atoms with Gasteiger partial charge in [0, 0.05) is 0 Å². The van der Waals surface area contributed by atoms with Gasteiger partial charge in [-0.3, -0.25) is 0 Å². The molecule has 9 heteroatoms. The van der Waals surface area contributed by atoms with Crippen molar-refractivity contribution in [1.29, 1.82) is 0 Å². The van der Waals surface area contributed by atoms with Crippen LogP contribution in [-0.4, -0.2) is 19.8 Å². The molecular weight excluding hydrogens is 471 g/mol. The van der Waals surface area contributed by atoms with Gasteiger partial charge in [0.2, 0.25) is 0 Å². The molecule has 1 aromatic carbocycles. The van der Waals surface area contributed by atoms with Crippen LogP contribution < -0.4 is 0 Å². The fourth-order valence-corrected chi connectivity index (χ4v) is 10.5. The molecule has 0 fully saturated rings. The molecular formula is C20H36F4O4Zr. The summed E-state index contributed by atoms with van der Waals surface area (Å²) in [5, 5.41) is 0. The summed E-state index contributed by atoms with van der Waals surface area (Å²) in [4.78, 5) is 0. The molecule has 1 rings (SSSR count). The number of hydrogen-bond acceptors (Lipinski definition) is 4. The van der Waals surface area contributed by atoms with Gasteiger partial charge < -0.3 is 0 Å². The van der Waals surface area contributed by atoms with Gasteiger partial charge in [-0.05, 0) is 0 Å². The Balaban J connectivity index is 3.47. The zero-order valence-corrected chi connectivity index (χ0v) is 20.5. The molecule has 0 aliphatic heterocycles. The average molecular weight is 508 g/mol. The van der Waals surface area contributed by atoms with Crippen molar-refractivity contribution in [2.75, 3.05) is 19.8 Å². The fourth-order valence-electron chi connectivity index (χ4n) is 2.70. The van der Waals surface area contributed by atoms with Crippen molar-refractivity contribution in [1.82, 2.24) is 0 Å². The van der Waals surface area contributed by atoms with Crippen molar-refractivity contribution in [2.24, 2.45) is 0 Å². The molecule has 0 bridgehead atoms. The summed E-state index contributed by atoms with van der Waals surface area (Å²) in [6.45, 7) is 2.84. The van der Waals surface area contributed by atoms with Crippen molar-refractivity contribution >= 4 is 0 Å². The van der Waals surface area contributed by atoms with Crippen molar-refractivity contribution in [3.8, 4) is 0 Å². The molecule has 0 aliphatic rings. The second-order valence-electron chi connectivity index (χ2n) is 8.04. The van der Waals surface area contributed by atoms with E-state index < -0.39 is 45.0 Å². The molecule has 0 saturated carbocycles. The summed E-state index contributed by atoms with van der Waals surface area (Å²) in [5.41, 5.74) is 0.983. The van der Waals surface area contributed by atoms with Crippen LogP contribution in [0.15, 0.2) is 24.3 Å². The minimum atomic E-state index is -12.4. The Morgan fingerprint density at radius 2 is 1.03 bits per heavy atom.